The summed E-state index contributed by atoms with van der Waals surface area (Å²) in [5, 5.41) is 5.78. The Bertz CT molecular complexity index is 656. The third kappa shape index (κ3) is 7.45. The van der Waals surface area contributed by atoms with Gasteiger partial charge >= 0.3 is 0 Å². The van der Waals surface area contributed by atoms with Crippen molar-refractivity contribution in [2.75, 3.05) is 18.4 Å². The molecule has 0 unspecified atom stereocenters. The van der Waals surface area contributed by atoms with Gasteiger partial charge in [-0.1, -0.05) is 48.0 Å². The summed E-state index contributed by atoms with van der Waals surface area (Å²) in [6.45, 7) is 2.62. The van der Waals surface area contributed by atoms with Gasteiger partial charge in [-0.2, -0.15) is 0 Å². The van der Waals surface area contributed by atoms with Crippen molar-refractivity contribution < 1.29 is 4.79 Å². The second-order valence-electron chi connectivity index (χ2n) is 5.28. The SMILES string of the molecule is Cc1ccc(NC(N)=NCC(=O)NCCc2ccccc2)cc1.I. The maximum absolute atomic E-state index is 11.7. The van der Waals surface area contributed by atoms with Crippen molar-refractivity contribution in [3.05, 3.63) is 65.7 Å². The second kappa shape index (κ2) is 10.6. The van der Waals surface area contributed by atoms with Crippen molar-refractivity contribution in [2.45, 2.75) is 13.3 Å². The molecule has 0 saturated heterocycles. The number of anilines is 1. The first-order valence-corrected chi connectivity index (χ1v) is 7.58. The molecule has 0 radical (unpaired) electrons. The van der Waals surface area contributed by atoms with E-state index in [9.17, 15) is 4.79 Å². The number of amides is 1. The highest BCUT2D eigenvalue weighted by Gasteiger charge is 2.01. The lowest BCUT2D eigenvalue weighted by atomic mass is 10.1. The molecule has 6 heteroatoms. The molecule has 24 heavy (non-hydrogen) atoms. The Morgan fingerprint density at radius 2 is 1.75 bits per heavy atom. The van der Waals surface area contributed by atoms with E-state index in [4.69, 9.17) is 5.73 Å². The van der Waals surface area contributed by atoms with E-state index in [2.05, 4.69) is 15.6 Å². The number of rotatable bonds is 6. The normalized spacial score (nSPS) is 10.6. The standard InChI is InChI=1S/C18H22N4O.HI/c1-14-7-9-16(10-8-14)22-18(19)21-13-17(23)20-12-11-15-5-3-2-4-6-15;/h2-10H,11-13H2,1H3,(H,20,23)(H3,19,21,22);1H. The average molecular weight is 438 g/mol. The molecule has 0 heterocycles. The first kappa shape index (κ1) is 20.0. The number of guanidine groups is 1. The summed E-state index contributed by atoms with van der Waals surface area (Å²) in [5.74, 6) is 0.0849. The van der Waals surface area contributed by atoms with Crippen molar-refractivity contribution in [3.63, 3.8) is 0 Å². The molecule has 128 valence electrons. The predicted molar refractivity (Wildman–Crippen MR) is 110 cm³/mol. The number of nitrogens with one attached hydrogen (secondary N) is 2. The molecule has 0 saturated carbocycles. The monoisotopic (exact) mass is 438 g/mol. The summed E-state index contributed by atoms with van der Waals surface area (Å²) in [5.41, 5.74) is 8.98. The molecule has 1 amide bonds. The molecule has 0 aromatic heterocycles. The van der Waals surface area contributed by atoms with Crippen molar-refractivity contribution in [1.29, 1.82) is 0 Å². The number of nitrogens with zero attached hydrogens (tertiary/aromatic N) is 1. The molecule has 0 aliphatic rings. The highest BCUT2D eigenvalue weighted by molar-refractivity contribution is 14.0. The van der Waals surface area contributed by atoms with E-state index in [1.54, 1.807) is 0 Å². The Labute approximate surface area is 159 Å². The van der Waals surface area contributed by atoms with Crippen LogP contribution < -0.4 is 16.4 Å². The fourth-order valence-corrected chi connectivity index (χ4v) is 2.03. The number of carbonyl (C=O) groups is 1. The van der Waals surface area contributed by atoms with Crippen molar-refractivity contribution in [1.82, 2.24) is 5.32 Å². The van der Waals surface area contributed by atoms with Gasteiger partial charge in [0.15, 0.2) is 5.96 Å². The van der Waals surface area contributed by atoms with Crippen LogP contribution in [0.5, 0.6) is 0 Å². The van der Waals surface area contributed by atoms with Gasteiger partial charge in [-0.3, -0.25) is 4.79 Å². The highest BCUT2D eigenvalue weighted by Crippen LogP contribution is 2.07. The van der Waals surface area contributed by atoms with Crippen molar-refractivity contribution >= 4 is 41.5 Å². The second-order valence-corrected chi connectivity index (χ2v) is 5.28. The number of halogens is 1. The topological polar surface area (TPSA) is 79.5 Å². The first-order valence-electron chi connectivity index (χ1n) is 7.58. The molecule has 2 aromatic carbocycles. The Morgan fingerprint density at radius 1 is 1.08 bits per heavy atom. The number of carbonyl (C=O) groups excluding carboxylic acids is 1. The van der Waals surface area contributed by atoms with Gasteiger partial charge in [-0.15, -0.1) is 24.0 Å². The zero-order valence-electron chi connectivity index (χ0n) is 13.7. The van der Waals surface area contributed by atoms with Crippen LogP contribution in [0.2, 0.25) is 0 Å². The van der Waals surface area contributed by atoms with Crippen LogP contribution in [-0.4, -0.2) is 25.0 Å². The highest BCUT2D eigenvalue weighted by atomic mass is 127. The molecule has 0 aliphatic carbocycles. The van der Waals surface area contributed by atoms with E-state index in [1.165, 1.54) is 11.1 Å². The molecule has 0 bridgehead atoms. The summed E-state index contributed by atoms with van der Waals surface area (Å²) >= 11 is 0. The Hall–Kier alpha value is -2.09. The molecule has 2 aromatic rings. The minimum atomic E-state index is -0.144. The lowest BCUT2D eigenvalue weighted by Crippen LogP contribution is -2.30. The van der Waals surface area contributed by atoms with Crippen molar-refractivity contribution in [3.8, 4) is 0 Å². The summed E-state index contributed by atoms with van der Waals surface area (Å²) < 4.78 is 0. The molecule has 0 fully saturated rings. The van der Waals surface area contributed by atoms with E-state index >= 15 is 0 Å². The Balaban J connectivity index is 0.00000288. The molecule has 4 N–H and O–H groups in total. The van der Waals surface area contributed by atoms with Gasteiger partial charge in [0, 0.05) is 12.2 Å². The van der Waals surface area contributed by atoms with Gasteiger partial charge < -0.3 is 16.4 Å². The van der Waals surface area contributed by atoms with Crippen LogP contribution in [0.4, 0.5) is 5.69 Å². The minimum absolute atomic E-state index is 0. The molecule has 0 spiro atoms. The maximum atomic E-state index is 11.7. The largest absolute Gasteiger partial charge is 0.370 e. The van der Waals surface area contributed by atoms with Crippen LogP contribution in [0.15, 0.2) is 59.6 Å². The van der Waals surface area contributed by atoms with E-state index in [0.717, 1.165) is 12.1 Å². The van der Waals surface area contributed by atoms with E-state index in [-0.39, 0.29) is 42.4 Å². The van der Waals surface area contributed by atoms with Gasteiger partial charge in [0.25, 0.3) is 0 Å². The van der Waals surface area contributed by atoms with Gasteiger partial charge in [0.1, 0.15) is 6.54 Å². The maximum Gasteiger partial charge on any atom is 0.241 e. The zero-order chi connectivity index (χ0) is 16.5. The minimum Gasteiger partial charge on any atom is -0.370 e. The Kier molecular flexibility index (Phi) is 8.85. The van der Waals surface area contributed by atoms with E-state index < -0.39 is 0 Å². The van der Waals surface area contributed by atoms with Crippen LogP contribution >= 0.6 is 24.0 Å². The Morgan fingerprint density at radius 3 is 2.42 bits per heavy atom. The van der Waals surface area contributed by atoms with Crippen LogP contribution in [0, 0.1) is 6.92 Å². The fourth-order valence-electron chi connectivity index (χ4n) is 2.03. The summed E-state index contributed by atoms with van der Waals surface area (Å²) in [4.78, 5) is 15.8. The van der Waals surface area contributed by atoms with Crippen molar-refractivity contribution in [2.24, 2.45) is 10.7 Å². The molecule has 0 aliphatic heterocycles. The quantitative estimate of drug-likeness (QED) is 0.369. The molecular formula is C18H23IN4O. The molecule has 5 nitrogen and oxygen atoms in total. The number of hydrogen-bond donors (Lipinski definition) is 3. The summed E-state index contributed by atoms with van der Waals surface area (Å²) in [6.07, 6.45) is 0.799. The number of benzene rings is 2. The number of nitrogens with two attached hydrogens (primary N) is 1. The number of hydrogen-bond acceptors (Lipinski definition) is 2. The molecule has 2 rings (SSSR count). The van der Waals surface area contributed by atoms with Crippen LogP contribution in [-0.2, 0) is 11.2 Å². The third-order valence-corrected chi connectivity index (χ3v) is 3.30. The summed E-state index contributed by atoms with van der Waals surface area (Å²) in [6, 6.07) is 17.8. The lowest BCUT2D eigenvalue weighted by Gasteiger charge is -2.06. The number of aryl methyl sites for hydroxylation is 1. The van der Waals surface area contributed by atoms with Gasteiger partial charge in [0.05, 0.1) is 0 Å². The first-order chi connectivity index (χ1) is 11.1. The lowest BCUT2D eigenvalue weighted by molar-refractivity contribution is -0.119. The number of aliphatic imine (C=N–C) groups is 1. The van der Waals surface area contributed by atoms with E-state index in [0.29, 0.717) is 6.54 Å². The smallest absolute Gasteiger partial charge is 0.241 e. The van der Waals surface area contributed by atoms with Gasteiger partial charge in [-0.25, -0.2) is 4.99 Å². The van der Waals surface area contributed by atoms with Crippen LogP contribution in [0.3, 0.4) is 0 Å². The van der Waals surface area contributed by atoms with Crippen LogP contribution in [0.1, 0.15) is 11.1 Å². The van der Waals surface area contributed by atoms with E-state index in [1.807, 2.05) is 61.5 Å². The molecule has 0 atom stereocenters. The third-order valence-electron chi connectivity index (χ3n) is 3.30. The molecular weight excluding hydrogens is 415 g/mol. The average Bonchev–Trinajstić information content (AvgIpc) is 2.56. The van der Waals surface area contributed by atoms with Crippen LogP contribution in [0.25, 0.3) is 0 Å². The fraction of sp³-hybridized carbons (Fsp3) is 0.222. The van der Waals surface area contributed by atoms with Gasteiger partial charge in [0.2, 0.25) is 5.91 Å². The predicted octanol–water partition coefficient (Wildman–Crippen LogP) is 2.70. The van der Waals surface area contributed by atoms with Gasteiger partial charge in [-0.05, 0) is 31.0 Å². The zero-order valence-corrected chi connectivity index (χ0v) is 16.0. The summed E-state index contributed by atoms with van der Waals surface area (Å²) in [7, 11) is 0.